The molecule has 0 N–H and O–H groups in total. The zero-order valence-electron chi connectivity index (χ0n) is 16.6. The third-order valence-electron chi connectivity index (χ3n) is 6.02. The van der Waals surface area contributed by atoms with E-state index in [1.54, 1.807) is 7.16 Å². The quantitative estimate of drug-likeness (QED) is 0.227. The Morgan fingerprint density at radius 3 is 1.08 bits per heavy atom. The summed E-state index contributed by atoms with van der Waals surface area (Å²) in [6, 6.07) is 19.0. The fourth-order valence-electron chi connectivity index (χ4n) is 4.61. The Balaban J connectivity index is 1.86. The van der Waals surface area contributed by atoms with Crippen LogP contribution in [0.1, 0.15) is 0 Å². The second kappa shape index (κ2) is 5.41. The van der Waals surface area contributed by atoms with Crippen LogP contribution in [0.5, 0.6) is 0 Å². The average Bonchev–Trinajstić information content (AvgIpc) is 2.54. The average molecular weight is 552 g/mol. The van der Waals surface area contributed by atoms with Crippen molar-refractivity contribution in [2.75, 3.05) is 0 Å². The summed E-state index contributed by atoms with van der Waals surface area (Å²) in [5.74, 6) is 0. The summed E-state index contributed by atoms with van der Waals surface area (Å²) in [5.41, 5.74) is 0. The molecule has 0 aliphatic carbocycles. The number of hydrogen-bond donors (Lipinski definition) is 0. The molecule has 26 heavy (non-hydrogen) atoms. The van der Waals surface area contributed by atoms with Crippen LogP contribution in [-0.4, -0.2) is 36.8 Å². The molecule has 0 atom stereocenters. The van der Waals surface area contributed by atoms with Crippen LogP contribution < -0.4 is 7.16 Å². The fraction of sp³-hybridized carbons (Fsp3) is 0.250. The van der Waals surface area contributed by atoms with Crippen LogP contribution in [0, 0.1) is 0 Å². The molecule has 5 aromatic rings. The maximum atomic E-state index is 2.61. The monoisotopic (exact) mass is 554 g/mol. The van der Waals surface area contributed by atoms with Gasteiger partial charge in [-0.1, -0.05) is 0 Å². The van der Waals surface area contributed by atoms with Crippen molar-refractivity contribution in [3.05, 3.63) is 48.5 Å². The minimum absolute atomic E-state index is 1.43. The van der Waals surface area contributed by atoms with Crippen LogP contribution in [0.15, 0.2) is 48.5 Å². The molecule has 0 unspecified atom stereocenters. The van der Waals surface area contributed by atoms with E-state index < -0.39 is 36.8 Å². The first-order chi connectivity index (χ1) is 12.2. The molecule has 130 valence electrons. The van der Waals surface area contributed by atoms with E-state index in [0.29, 0.717) is 0 Å². The maximum absolute atomic E-state index is 2.61. The molecule has 0 radical (unpaired) electrons. The van der Waals surface area contributed by atoms with E-state index >= 15 is 0 Å². The van der Waals surface area contributed by atoms with Gasteiger partial charge in [0.25, 0.3) is 0 Å². The molecule has 0 aromatic heterocycles. The van der Waals surface area contributed by atoms with Gasteiger partial charge in [-0.3, -0.25) is 0 Å². The predicted molar refractivity (Wildman–Crippen MR) is 125 cm³/mol. The Morgan fingerprint density at radius 2 is 0.731 bits per heavy atom. The molecule has 0 amide bonds. The molecule has 0 fully saturated rings. The molecule has 2 heteroatoms. The normalized spacial score (nSPS) is 13.8. The predicted octanol–water partition coefficient (Wildman–Crippen LogP) is 6.27. The molecular weight excluding hydrogens is 526 g/mol. The Kier molecular flexibility index (Phi) is 3.61. The van der Waals surface area contributed by atoms with Gasteiger partial charge in [-0.25, -0.2) is 0 Å². The summed E-state index contributed by atoms with van der Waals surface area (Å²) >= 11 is -4.28. The van der Waals surface area contributed by atoms with Gasteiger partial charge in [-0.05, 0) is 0 Å². The summed E-state index contributed by atoms with van der Waals surface area (Å²) in [7, 11) is 0. The Morgan fingerprint density at radius 1 is 0.423 bits per heavy atom. The number of hydrogen-bond acceptors (Lipinski definition) is 0. The molecule has 0 aliphatic heterocycles. The number of benzene rings is 3. The second-order valence-electron chi connectivity index (χ2n) is 9.93. The fourth-order valence-corrected chi connectivity index (χ4v) is 27.3. The van der Waals surface area contributed by atoms with E-state index in [-0.39, 0.29) is 0 Å². The molecule has 0 heterocycles. The van der Waals surface area contributed by atoms with Crippen molar-refractivity contribution >= 4 is 87.0 Å². The molecule has 0 saturated carbocycles. The Labute approximate surface area is 164 Å². The standard InChI is InChI=1S/C18H8.6CH3.2Sn/c1-2-6-12-11(5-1)15-9-17-13-7-3-4-8-14(13)18(17)10-16(12)15;;;;;;;;/h1-2,5-10H;6*1H3;;. The van der Waals surface area contributed by atoms with Crippen molar-refractivity contribution in [2.24, 2.45) is 0 Å². The molecule has 5 aromatic carbocycles. The van der Waals surface area contributed by atoms with Gasteiger partial charge in [0.05, 0.1) is 0 Å². The van der Waals surface area contributed by atoms with Crippen LogP contribution in [-0.2, 0) is 0 Å². The molecule has 0 nitrogen and oxygen atoms in total. The van der Waals surface area contributed by atoms with E-state index in [1.807, 2.05) is 0 Å². The molecule has 0 spiro atoms. The van der Waals surface area contributed by atoms with Crippen molar-refractivity contribution in [2.45, 2.75) is 29.6 Å². The van der Waals surface area contributed by atoms with E-state index in [4.69, 9.17) is 0 Å². The van der Waals surface area contributed by atoms with Crippen LogP contribution in [0.2, 0.25) is 29.6 Å². The summed E-state index contributed by atoms with van der Waals surface area (Å²) in [5, 5.41) is 11.8. The summed E-state index contributed by atoms with van der Waals surface area (Å²) in [6.07, 6.45) is 0. The molecule has 0 saturated heterocycles. The van der Waals surface area contributed by atoms with Crippen molar-refractivity contribution in [3.63, 3.8) is 0 Å². The minimum atomic E-state index is -2.14. The van der Waals surface area contributed by atoms with E-state index in [2.05, 4.69) is 78.2 Å². The van der Waals surface area contributed by atoms with Crippen molar-refractivity contribution < 1.29 is 0 Å². The first kappa shape index (κ1) is 17.4. The van der Waals surface area contributed by atoms with Crippen LogP contribution in [0.4, 0.5) is 0 Å². The SMILES string of the molecule is [CH3][Sn]([CH3])([CH3])[c]1cc2c(c[c]1[Sn]([CH3])([CH3])[CH3])c1cc3c4ccccc4c3cc21. The topological polar surface area (TPSA) is 0 Å². The van der Waals surface area contributed by atoms with Crippen molar-refractivity contribution in [1.29, 1.82) is 0 Å². The molecular formula is C24H26Sn2. The number of rotatable bonds is 2. The van der Waals surface area contributed by atoms with E-state index in [9.17, 15) is 0 Å². The summed E-state index contributed by atoms with van der Waals surface area (Å²) < 4.78 is 3.57. The second-order valence-corrected chi connectivity index (χ2v) is 38.7. The molecule has 5 rings (SSSR count). The van der Waals surface area contributed by atoms with Gasteiger partial charge >= 0.3 is 165 Å². The van der Waals surface area contributed by atoms with E-state index in [1.165, 1.54) is 43.1 Å². The number of fused-ring (bicyclic) bond motifs is 8. The van der Waals surface area contributed by atoms with Crippen LogP contribution in [0.25, 0.3) is 43.1 Å². The third kappa shape index (κ3) is 2.33. The van der Waals surface area contributed by atoms with Gasteiger partial charge in [0.2, 0.25) is 0 Å². The summed E-state index contributed by atoms with van der Waals surface area (Å²) in [6.45, 7) is 0. The van der Waals surface area contributed by atoms with Crippen molar-refractivity contribution in [3.8, 4) is 0 Å². The Hall–Kier alpha value is -0.743. The van der Waals surface area contributed by atoms with Crippen LogP contribution in [0.3, 0.4) is 0 Å². The first-order valence-corrected chi connectivity index (χ1v) is 29.6. The summed E-state index contributed by atoms with van der Waals surface area (Å²) in [4.78, 5) is 15.4. The molecule has 0 aliphatic rings. The molecule has 0 bridgehead atoms. The van der Waals surface area contributed by atoms with Gasteiger partial charge in [-0.15, -0.1) is 0 Å². The van der Waals surface area contributed by atoms with Crippen molar-refractivity contribution in [1.82, 2.24) is 0 Å². The van der Waals surface area contributed by atoms with Gasteiger partial charge in [0, 0.05) is 0 Å². The first-order valence-electron chi connectivity index (χ1n) is 9.64. The van der Waals surface area contributed by atoms with Gasteiger partial charge in [0.15, 0.2) is 0 Å². The Bertz CT molecular complexity index is 1180. The van der Waals surface area contributed by atoms with E-state index in [0.717, 1.165) is 0 Å². The van der Waals surface area contributed by atoms with Crippen LogP contribution >= 0.6 is 0 Å². The zero-order chi connectivity index (χ0) is 18.4. The third-order valence-corrected chi connectivity index (χ3v) is 19.6. The van der Waals surface area contributed by atoms with Gasteiger partial charge < -0.3 is 0 Å². The van der Waals surface area contributed by atoms with Gasteiger partial charge in [-0.2, -0.15) is 0 Å². The van der Waals surface area contributed by atoms with Gasteiger partial charge in [0.1, 0.15) is 0 Å². The zero-order valence-corrected chi connectivity index (χ0v) is 22.3.